The largest absolute Gasteiger partial charge is 0.385 e. The summed E-state index contributed by atoms with van der Waals surface area (Å²) in [4.78, 5) is 11.7. The van der Waals surface area contributed by atoms with Gasteiger partial charge in [0.25, 0.3) is 0 Å². The number of methoxy groups -OCH3 is 1. The molecule has 1 rings (SSSR count). The van der Waals surface area contributed by atoms with Crippen LogP contribution < -0.4 is 10.6 Å². The number of carbonyl (C=O) groups is 1. The van der Waals surface area contributed by atoms with Gasteiger partial charge in [-0.25, -0.2) is 0 Å². The number of hydrogen-bond acceptors (Lipinski definition) is 3. The first kappa shape index (κ1) is 14.8. The lowest BCUT2D eigenvalue weighted by molar-refractivity contribution is -0.121. The molecular weight excluding hydrogens is 252 g/mol. The van der Waals surface area contributed by atoms with Gasteiger partial charge in [-0.05, 0) is 31.5 Å². The molecular formula is C13H19ClN2O2. The van der Waals surface area contributed by atoms with E-state index in [4.69, 9.17) is 16.3 Å². The molecule has 0 radical (unpaired) electrons. The normalized spacial score (nSPS) is 11.9. The smallest absolute Gasteiger partial charge is 0.242 e. The number of amides is 1. The molecule has 1 unspecified atom stereocenters. The fraction of sp³-hybridized carbons (Fsp3) is 0.462. The van der Waals surface area contributed by atoms with E-state index < -0.39 is 0 Å². The van der Waals surface area contributed by atoms with Gasteiger partial charge >= 0.3 is 0 Å². The Labute approximate surface area is 113 Å². The Bertz CT molecular complexity index is 385. The van der Waals surface area contributed by atoms with E-state index in [1.807, 2.05) is 19.1 Å². The Hall–Kier alpha value is -1.26. The zero-order valence-corrected chi connectivity index (χ0v) is 11.5. The standard InChI is InChI=1S/C13H19ClN2O2/c1-10(13(17)15-7-4-8-18-2)16-12-6-3-5-11(14)9-12/h3,5-6,9-10,16H,4,7-8H2,1-2H3,(H,15,17). The third-order valence-electron chi connectivity index (χ3n) is 2.43. The predicted octanol–water partition coefficient (Wildman–Crippen LogP) is 2.29. The van der Waals surface area contributed by atoms with Crippen LogP contribution in [0.4, 0.5) is 5.69 Å². The monoisotopic (exact) mass is 270 g/mol. The summed E-state index contributed by atoms with van der Waals surface area (Å²) in [5.74, 6) is -0.0360. The second-order valence-electron chi connectivity index (χ2n) is 4.01. The van der Waals surface area contributed by atoms with Crippen LogP contribution in [-0.4, -0.2) is 32.2 Å². The highest BCUT2D eigenvalue weighted by molar-refractivity contribution is 6.30. The van der Waals surface area contributed by atoms with Gasteiger partial charge in [-0.15, -0.1) is 0 Å². The SMILES string of the molecule is COCCCNC(=O)C(C)Nc1cccc(Cl)c1. The minimum Gasteiger partial charge on any atom is -0.385 e. The van der Waals surface area contributed by atoms with E-state index in [1.54, 1.807) is 19.2 Å². The first-order valence-electron chi connectivity index (χ1n) is 5.92. The zero-order valence-electron chi connectivity index (χ0n) is 10.7. The lowest BCUT2D eigenvalue weighted by Crippen LogP contribution is -2.38. The van der Waals surface area contributed by atoms with Gasteiger partial charge in [-0.3, -0.25) is 4.79 Å². The summed E-state index contributed by atoms with van der Waals surface area (Å²) in [5.41, 5.74) is 0.835. The second-order valence-corrected chi connectivity index (χ2v) is 4.45. The van der Waals surface area contributed by atoms with Gasteiger partial charge in [0.1, 0.15) is 6.04 Å². The lowest BCUT2D eigenvalue weighted by Gasteiger charge is -2.15. The average Bonchev–Trinajstić information content (AvgIpc) is 2.34. The van der Waals surface area contributed by atoms with Crippen molar-refractivity contribution in [1.82, 2.24) is 5.32 Å². The fourth-order valence-corrected chi connectivity index (χ4v) is 1.67. The van der Waals surface area contributed by atoms with E-state index in [-0.39, 0.29) is 11.9 Å². The van der Waals surface area contributed by atoms with Crippen LogP contribution in [0.3, 0.4) is 0 Å². The second kappa shape index (κ2) is 7.95. The van der Waals surface area contributed by atoms with Gasteiger partial charge in [-0.1, -0.05) is 17.7 Å². The third-order valence-corrected chi connectivity index (χ3v) is 2.66. The molecule has 0 aliphatic carbocycles. The van der Waals surface area contributed by atoms with Crippen molar-refractivity contribution in [2.24, 2.45) is 0 Å². The maximum Gasteiger partial charge on any atom is 0.242 e. The predicted molar refractivity (Wildman–Crippen MR) is 74.0 cm³/mol. The number of ether oxygens (including phenoxy) is 1. The van der Waals surface area contributed by atoms with Crippen molar-refractivity contribution >= 4 is 23.2 Å². The minimum absolute atomic E-state index is 0.0360. The van der Waals surface area contributed by atoms with Crippen LogP contribution in [0.1, 0.15) is 13.3 Å². The molecule has 2 N–H and O–H groups in total. The number of hydrogen-bond donors (Lipinski definition) is 2. The van der Waals surface area contributed by atoms with Crippen LogP contribution >= 0.6 is 11.6 Å². The summed E-state index contributed by atoms with van der Waals surface area (Å²) >= 11 is 5.87. The molecule has 100 valence electrons. The van der Waals surface area contributed by atoms with E-state index in [0.29, 0.717) is 18.2 Å². The summed E-state index contributed by atoms with van der Waals surface area (Å²) in [7, 11) is 1.64. The van der Waals surface area contributed by atoms with Crippen molar-refractivity contribution in [3.05, 3.63) is 29.3 Å². The first-order valence-corrected chi connectivity index (χ1v) is 6.30. The molecule has 0 aliphatic rings. The molecule has 0 fully saturated rings. The Morgan fingerprint density at radius 1 is 1.50 bits per heavy atom. The van der Waals surface area contributed by atoms with Crippen LogP contribution in [0.15, 0.2) is 24.3 Å². The van der Waals surface area contributed by atoms with Gasteiger partial charge in [-0.2, -0.15) is 0 Å². The third kappa shape index (κ3) is 5.38. The maximum absolute atomic E-state index is 11.7. The van der Waals surface area contributed by atoms with Gasteiger partial charge in [0.2, 0.25) is 5.91 Å². The molecule has 0 saturated carbocycles. The van der Waals surface area contributed by atoms with Crippen LogP contribution in [0, 0.1) is 0 Å². The minimum atomic E-state index is -0.300. The van der Waals surface area contributed by atoms with E-state index in [0.717, 1.165) is 12.1 Å². The number of carbonyl (C=O) groups excluding carboxylic acids is 1. The average molecular weight is 271 g/mol. The molecule has 1 amide bonds. The quantitative estimate of drug-likeness (QED) is 0.748. The molecule has 0 heterocycles. The highest BCUT2D eigenvalue weighted by Gasteiger charge is 2.11. The van der Waals surface area contributed by atoms with E-state index >= 15 is 0 Å². The van der Waals surface area contributed by atoms with Crippen molar-refractivity contribution in [2.75, 3.05) is 25.6 Å². The molecule has 0 spiro atoms. The Kier molecular flexibility index (Phi) is 6.54. The highest BCUT2D eigenvalue weighted by atomic mass is 35.5. The van der Waals surface area contributed by atoms with E-state index in [2.05, 4.69) is 10.6 Å². The number of benzene rings is 1. The molecule has 0 aromatic heterocycles. The highest BCUT2D eigenvalue weighted by Crippen LogP contribution is 2.15. The number of anilines is 1. The topological polar surface area (TPSA) is 50.4 Å². The molecule has 0 bridgehead atoms. The van der Waals surface area contributed by atoms with Crippen LogP contribution in [0.25, 0.3) is 0 Å². The molecule has 1 aromatic carbocycles. The van der Waals surface area contributed by atoms with Crippen molar-refractivity contribution in [2.45, 2.75) is 19.4 Å². The molecule has 4 nitrogen and oxygen atoms in total. The number of halogens is 1. The maximum atomic E-state index is 11.7. The van der Waals surface area contributed by atoms with Crippen LogP contribution in [-0.2, 0) is 9.53 Å². The summed E-state index contributed by atoms with van der Waals surface area (Å²) in [6.07, 6.45) is 0.812. The summed E-state index contributed by atoms with van der Waals surface area (Å²) in [6, 6.07) is 7.00. The summed E-state index contributed by atoms with van der Waals surface area (Å²) in [6.45, 7) is 3.08. The fourth-order valence-electron chi connectivity index (χ4n) is 1.47. The van der Waals surface area contributed by atoms with Gasteiger partial charge in [0.05, 0.1) is 0 Å². The van der Waals surface area contributed by atoms with Crippen molar-refractivity contribution in [3.63, 3.8) is 0 Å². The van der Waals surface area contributed by atoms with Crippen LogP contribution in [0.5, 0.6) is 0 Å². The molecule has 0 saturated heterocycles. The Balaban J connectivity index is 2.35. The van der Waals surface area contributed by atoms with Crippen LogP contribution in [0.2, 0.25) is 5.02 Å². The molecule has 0 aliphatic heterocycles. The molecule has 18 heavy (non-hydrogen) atoms. The van der Waals surface area contributed by atoms with Crippen molar-refractivity contribution in [3.8, 4) is 0 Å². The Morgan fingerprint density at radius 3 is 2.94 bits per heavy atom. The first-order chi connectivity index (χ1) is 8.63. The summed E-state index contributed by atoms with van der Waals surface area (Å²) < 4.78 is 4.91. The number of rotatable bonds is 7. The number of nitrogens with one attached hydrogen (secondary N) is 2. The van der Waals surface area contributed by atoms with Crippen molar-refractivity contribution in [1.29, 1.82) is 0 Å². The molecule has 5 heteroatoms. The summed E-state index contributed by atoms with van der Waals surface area (Å²) in [5, 5.41) is 6.58. The van der Waals surface area contributed by atoms with Gasteiger partial charge < -0.3 is 15.4 Å². The van der Waals surface area contributed by atoms with Gasteiger partial charge in [0.15, 0.2) is 0 Å². The Morgan fingerprint density at radius 2 is 2.28 bits per heavy atom. The molecule has 1 aromatic rings. The van der Waals surface area contributed by atoms with Crippen molar-refractivity contribution < 1.29 is 9.53 Å². The van der Waals surface area contributed by atoms with Gasteiger partial charge in [0, 0.05) is 31.0 Å². The molecule has 1 atom stereocenters. The zero-order chi connectivity index (χ0) is 13.4. The van der Waals surface area contributed by atoms with E-state index in [1.165, 1.54) is 0 Å². The lowest BCUT2D eigenvalue weighted by atomic mass is 10.2. The van der Waals surface area contributed by atoms with E-state index in [9.17, 15) is 4.79 Å².